The van der Waals surface area contributed by atoms with Crippen molar-refractivity contribution in [2.45, 2.75) is 6.54 Å². The fourth-order valence-corrected chi connectivity index (χ4v) is 3.72. The van der Waals surface area contributed by atoms with Crippen LogP contribution in [0.15, 0.2) is 30.6 Å². The molecule has 26 heavy (non-hydrogen) atoms. The molecule has 3 N–H and O–H groups in total. The van der Waals surface area contributed by atoms with Gasteiger partial charge in [0.2, 0.25) is 0 Å². The summed E-state index contributed by atoms with van der Waals surface area (Å²) in [5.74, 6) is 7.18. The number of nitrogens with one attached hydrogen (secondary N) is 1. The first-order valence-corrected chi connectivity index (χ1v) is 8.84. The Morgan fingerprint density at radius 1 is 1.23 bits per heavy atom. The zero-order valence-electron chi connectivity index (χ0n) is 14.7. The summed E-state index contributed by atoms with van der Waals surface area (Å²) >= 11 is 1.42. The number of imidazole rings is 1. The fourth-order valence-electron chi connectivity index (χ4n) is 2.97. The lowest BCUT2D eigenvalue weighted by atomic mass is 10.2. The van der Waals surface area contributed by atoms with Crippen LogP contribution in [0.4, 0.5) is 10.9 Å². The number of pyridine rings is 1. The van der Waals surface area contributed by atoms with Gasteiger partial charge >= 0.3 is 0 Å². The minimum Gasteiger partial charge on any atom is -0.497 e. The summed E-state index contributed by atoms with van der Waals surface area (Å²) in [6.07, 6.45) is 1.78. The average Bonchev–Trinajstić information content (AvgIpc) is 3.24. The lowest BCUT2D eigenvalue weighted by Gasteiger charge is -2.19. The van der Waals surface area contributed by atoms with E-state index in [4.69, 9.17) is 15.6 Å². The lowest BCUT2D eigenvalue weighted by Crippen LogP contribution is -2.18. The number of rotatable bonds is 5. The van der Waals surface area contributed by atoms with E-state index in [1.165, 1.54) is 11.3 Å². The van der Waals surface area contributed by atoms with E-state index in [-0.39, 0.29) is 0 Å². The number of aromatic nitrogens is 4. The maximum atomic E-state index is 5.52. The first-order chi connectivity index (χ1) is 12.6. The molecular weight excluding hydrogens is 350 g/mol. The largest absolute Gasteiger partial charge is 0.497 e. The van der Waals surface area contributed by atoms with Gasteiger partial charge in [0.15, 0.2) is 10.9 Å². The van der Waals surface area contributed by atoms with Crippen molar-refractivity contribution in [2.24, 2.45) is 12.9 Å². The van der Waals surface area contributed by atoms with E-state index >= 15 is 0 Å². The molecule has 0 bridgehead atoms. The summed E-state index contributed by atoms with van der Waals surface area (Å²) in [5, 5.41) is 0.630. The minimum absolute atomic E-state index is 0.630. The predicted molar refractivity (Wildman–Crippen MR) is 105 cm³/mol. The Bertz CT molecular complexity index is 1070. The van der Waals surface area contributed by atoms with Crippen LogP contribution in [-0.2, 0) is 13.6 Å². The molecule has 3 heterocycles. The Balaban J connectivity index is 1.78. The second-order valence-electron chi connectivity index (χ2n) is 6.01. The molecule has 0 saturated heterocycles. The van der Waals surface area contributed by atoms with E-state index in [0.29, 0.717) is 11.7 Å². The quantitative estimate of drug-likeness (QED) is 0.412. The van der Waals surface area contributed by atoms with Gasteiger partial charge in [0.1, 0.15) is 27.1 Å². The van der Waals surface area contributed by atoms with Crippen LogP contribution in [-0.4, -0.2) is 33.7 Å². The second-order valence-corrected chi connectivity index (χ2v) is 6.99. The number of nitrogens with two attached hydrogens (primary N) is 1. The number of thiazole rings is 1. The van der Waals surface area contributed by atoms with Crippen LogP contribution in [0, 0.1) is 0 Å². The molecule has 0 radical (unpaired) electrons. The first-order valence-electron chi connectivity index (χ1n) is 8.03. The summed E-state index contributed by atoms with van der Waals surface area (Å²) in [4.78, 5) is 16.8. The van der Waals surface area contributed by atoms with Crippen molar-refractivity contribution in [1.29, 1.82) is 0 Å². The van der Waals surface area contributed by atoms with Crippen molar-refractivity contribution >= 4 is 43.7 Å². The Morgan fingerprint density at radius 3 is 2.69 bits per heavy atom. The number of ether oxygens (including phenoxy) is 1. The fraction of sp³-hybridized carbons (Fsp3) is 0.235. The van der Waals surface area contributed by atoms with E-state index in [2.05, 4.69) is 20.3 Å². The highest BCUT2D eigenvalue weighted by molar-refractivity contribution is 7.21. The van der Waals surface area contributed by atoms with Gasteiger partial charge in [0.05, 0.1) is 13.4 Å². The summed E-state index contributed by atoms with van der Waals surface area (Å²) < 4.78 is 7.18. The van der Waals surface area contributed by atoms with Gasteiger partial charge in [0.25, 0.3) is 0 Å². The third kappa shape index (κ3) is 2.71. The standard InChI is InChI=1S/C17H19N7OS/c1-23(8-10-4-6-11(25-3)7-5-10)15-12-14(24(2)9-19-12)13-16(21-15)26-17(20-13)22-18/h4-7,9H,8,18H2,1-3H3,(H,20,22). The number of nitrogen functional groups attached to an aromatic ring is 1. The van der Waals surface area contributed by atoms with E-state index in [0.717, 1.165) is 38.5 Å². The third-order valence-electron chi connectivity index (χ3n) is 4.25. The predicted octanol–water partition coefficient (Wildman–Crippen LogP) is 2.51. The minimum atomic E-state index is 0.630. The average molecular weight is 369 g/mol. The Labute approximate surface area is 154 Å². The van der Waals surface area contributed by atoms with Crippen LogP contribution in [0.25, 0.3) is 21.4 Å². The molecule has 0 aliphatic carbocycles. The van der Waals surface area contributed by atoms with Crippen molar-refractivity contribution in [3.8, 4) is 5.75 Å². The molecule has 4 rings (SSSR count). The van der Waals surface area contributed by atoms with E-state index in [9.17, 15) is 0 Å². The van der Waals surface area contributed by atoms with E-state index in [1.54, 1.807) is 13.4 Å². The Hall–Kier alpha value is -2.91. The van der Waals surface area contributed by atoms with Gasteiger partial charge < -0.3 is 14.2 Å². The van der Waals surface area contributed by atoms with Crippen molar-refractivity contribution in [1.82, 2.24) is 19.5 Å². The molecule has 0 saturated carbocycles. The maximum Gasteiger partial charge on any atom is 0.199 e. The molecule has 0 aliphatic heterocycles. The van der Waals surface area contributed by atoms with Gasteiger partial charge in [-0.15, -0.1) is 0 Å². The number of methoxy groups -OCH3 is 1. The molecule has 0 spiro atoms. The number of anilines is 2. The normalized spacial score (nSPS) is 11.2. The van der Waals surface area contributed by atoms with Crippen molar-refractivity contribution < 1.29 is 4.74 Å². The maximum absolute atomic E-state index is 5.52. The van der Waals surface area contributed by atoms with Crippen LogP contribution in [0.2, 0.25) is 0 Å². The van der Waals surface area contributed by atoms with Crippen molar-refractivity contribution in [3.05, 3.63) is 36.2 Å². The lowest BCUT2D eigenvalue weighted by molar-refractivity contribution is 0.414. The van der Waals surface area contributed by atoms with Gasteiger partial charge in [0, 0.05) is 20.6 Å². The molecule has 9 heteroatoms. The number of aryl methyl sites for hydroxylation is 1. The van der Waals surface area contributed by atoms with Crippen molar-refractivity contribution in [2.75, 3.05) is 24.5 Å². The van der Waals surface area contributed by atoms with Crippen molar-refractivity contribution in [3.63, 3.8) is 0 Å². The molecule has 8 nitrogen and oxygen atoms in total. The highest BCUT2D eigenvalue weighted by atomic mass is 32.1. The zero-order valence-corrected chi connectivity index (χ0v) is 15.5. The molecule has 0 amide bonds. The molecule has 4 aromatic rings. The first kappa shape index (κ1) is 16.6. The number of benzene rings is 1. The Morgan fingerprint density at radius 2 is 2.00 bits per heavy atom. The van der Waals surface area contributed by atoms with Gasteiger partial charge in [-0.2, -0.15) is 0 Å². The number of hydrazine groups is 1. The molecule has 0 unspecified atom stereocenters. The zero-order chi connectivity index (χ0) is 18.3. The number of hydrogen-bond donors (Lipinski definition) is 2. The summed E-state index contributed by atoms with van der Waals surface area (Å²) in [6, 6.07) is 8.01. The van der Waals surface area contributed by atoms with Gasteiger partial charge in [-0.3, -0.25) is 5.43 Å². The number of fused-ring (bicyclic) bond motifs is 3. The number of nitrogens with zero attached hydrogens (tertiary/aromatic N) is 5. The smallest absolute Gasteiger partial charge is 0.199 e. The van der Waals surface area contributed by atoms with Gasteiger partial charge in [-0.1, -0.05) is 23.5 Å². The molecule has 134 valence electrons. The van der Waals surface area contributed by atoms with Crippen LogP contribution in [0.1, 0.15) is 5.56 Å². The number of hydrogen-bond acceptors (Lipinski definition) is 8. The molecule has 0 fully saturated rings. The second kappa shape index (κ2) is 6.43. The molecule has 0 aliphatic rings. The molecule has 3 aromatic heterocycles. The highest BCUT2D eigenvalue weighted by Crippen LogP contribution is 2.34. The van der Waals surface area contributed by atoms with Crippen LogP contribution >= 0.6 is 11.3 Å². The third-order valence-corrected chi connectivity index (χ3v) is 5.13. The monoisotopic (exact) mass is 369 g/mol. The Kier molecular flexibility index (Phi) is 4.09. The van der Waals surface area contributed by atoms with Crippen LogP contribution in [0.3, 0.4) is 0 Å². The van der Waals surface area contributed by atoms with Crippen LogP contribution in [0.5, 0.6) is 5.75 Å². The van der Waals surface area contributed by atoms with E-state index < -0.39 is 0 Å². The molecule has 1 aromatic carbocycles. The summed E-state index contributed by atoms with van der Waals surface area (Å²) in [5.41, 5.74) is 6.34. The topological polar surface area (TPSA) is 94.1 Å². The van der Waals surface area contributed by atoms with Gasteiger partial charge in [-0.05, 0) is 17.7 Å². The summed E-state index contributed by atoms with van der Waals surface area (Å²) in [6.45, 7) is 0.703. The van der Waals surface area contributed by atoms with E-state index in [1.807, 2.05) is 42.9 Å². The summed E-state index contributed by atoms with van der Waals surface area (Å²) in [7, 11) is 5.63. The highest BCUT2D eigenvalue weighted by Gasteiger charge is 2.19. The van der Waals surface area contributed by atoms with Gasteiger partial charge in [-0.25, -0.2) is 20.8 Å². The SMILES string of the molecule is COc1ccc(CN(C)c2nc3sc(NN)nc3c3c2ncn3C)cc1. The molecule has 0 atom stereocenters. The molecular formula is C17H19N7OS. The van der Waals surface area contributed by atoms with Crippen LogP contribution < -0.4 is 20.9 Å².